The molecule has 1 heterocycles. The smallest absolute Gasteiger partial charge is 0.152 e. The van der Waals surface area contributed by atoms with Gasteiger partial charge in [0.2, 0.25) is 0 Å². The SMILES string of the molecule is C=C(c1ccc(-c2nnc(NC3CC(C)(O)C3)c3c2CCCC3)c(O)c1)C1CC1. The highest BCUT2D eigenvalue weighted by Gasteiger charge is 2.39. The minimum absolute atomic E-state index is 0.247. The van der Waals surface area contributed by atoms with E-state index < -0.39 is 5.60 Å². The summed E-state index contributed by atoms with van der Waals surface area (Å²) in [5.41, 5.74) is 5.54. The maximum absolute atomic E-state index is 10.8. The first-order valence-corrected chi connectivity index (χ1v) is 10.8. The van der Waals surface area contributed by atoms with Gasteiger partial charge in [0.05, 0.1) is 5.60 Å². The van der Waals surface area contributed by atoms with Gasteiger partial charge in [0.15, 0.2) is 5.82 Å². The Morgan fingerprint density at radius 1 is 1.14 bits per heavy atom. The van der Waals surface area contributed by atoms with E-state index in [4.69, 9.17) is 0 Å². The first kappa shape index (κ1) is 18.6. The molecule has 1 aromatic carbocycles. The topological polar surface area (TPSA) is 78.3 Å². The fourth-order valence-corrected chi connectivity index (χ4v) is 4.88. The van der Waals surface area contributed by atoms with Crippen LogP contribution in [0.4, 0.5) is 5.82 Å². The molecule has 0 amide bonds. The van der Waals surface area contributed by atoms with Gasteiger partial charge in [-0.2, -0.15) is 0 Å². The minimum atomic E-state index is -0.566. The maximum Gasteiger partial charge on any atom is 0.152 e. The minimum Gasteiger partial charge on any atom is -0.507 e. The van der Waals surface area contributed by atoms with Crippen molar-refractivity contribution in [3.8, 4) is 17.0 Å². The van der Waals surface area contributed by atoms with Crippen molar-refractivity contribution in [1.82, 2.24) is 10.2 Å². The summed E-state index contributed by atoms with van der Waals surface area (Å²) >= 11 is 0. The second kappa shape index (κ2) is 6.84. The standard InChI is InChI=1S/C24H29N3O2/c1-14(15-7-8-15)16-9-10-20(21(28)11-16)22-18-5-3-4-6-19(18)23(27-26-22)25-17-12-24(2,29)13-17/h9-11,15,17,28-29H,1,3-8,12-13H2,2H3,(H,25,27). The number of rotatable bonds is 5. The highest BCUT2D eigenvalue weighted by Crippen LogP contribution is 2.43. The van der Waals surface area contributed by atoms with Gasteiger partial charge in [-0.1, -0.05) is 12.6 Å². The fraction of sp³-hybridized carbons (Fsp3) is 0.500. The molecule has 0 spiro atoms. The highest BCUT2D eigenvalue weighted by atomic mass is 16.3. The van der Waals surface area contributed by atoms with Crippen LogP contribution in [0, 0.1) is 5.92 Å². The zero-order valence-electron chi connectivity index (χ0n) is 17.0. The average molecular weight is 392 g/mol. The molecule has 3 N–H and O–H groups in total. The summed E-state index contributed by atoms with van der Waals surface area (Å²) in [6.07, 6.45) is 8.06. The van der Waals surface area contributed by atoms with Crippen LogP contribution in [-0.4, -0.2) is 32.1 Å². The Bertz CT molecular complexity index is 970. The van der Waals surface area contributed by atoms with E-state index in [1.54, 1.807) is 0 Å². The number of aromatic nitrogens is 2. The normalized spacial score (nSPS) is 25.8. The number of aliphatic hydroxyl groups is 1. The number of aromatic hydroxyl groups is 1. The fourth-order valence-electron chi connectivity index (χ4n) is 4.88. The monoisotopic (exact) mass is 391 g/mol. The summed E-state index contributed by atoms with van der Waals surface area (Å²) in [5.74, 6) is 1.68. The van der Waals surface area contributed by atoms with Crippen molar-refractivity contribution in [2.75, 3.05) is 5.32 Å². The lowest BCUT2D eigenvalue weighted by molar-refractivity contribution is -0.0235. The largest absolute Gasteiger partial charge is 0.507 e. The number of hydrogen-bond donors (Lipinski definition) is 3. The molecule has 2 aromatic rings. The number of hydrogen-bond acceptors (Lipinski definition) is 5. The summed E-state index contributed by atoms with van der Waals surface area (Å²) in [6.45, 7) is 6.07. The lowest BCUT2D eigenvalue weighted by atomic mass is 9.77. The van der Waals surface area contributed by atoms with Crippen LogP contribution in [0.25, 0.3) is 16.8 Å². The summed E-state index contributed by atoms with van der Waals surface area (Å²) < 4.78 is 0. The Labute approximate surface area is 171 Å². The summed E-state index contributed by atoms with van der Waals surface area (Å²) in [5, 5.41) is 33.3. The Hall–Kier alpha value is -2.40. The highest BCUT2D eigenvalue weighted by molar-refractivity contribution is 5.77. The van der Waals surface area contributed by atoms with E-state index in [2.05, 4.69) is 28.2 Å². The summed E-state index contributed by atoms with van der Waals surface area (Å²) in [6, 6.07) is 6.09. The van der Waals surface area contributed by atoms with E-state index in [-0.39, 0.29) is 11.8 Å². The Morgan fingerprint density at radius 3 is 2.52 bits per heavy atom. The molecule has 0 saturated heterocycles. The van der Waals surface area contributed by atoms with Crippen LogP contribution in [0.5, 0.6) is 5.75 Å². The van der Waals surface area contributed by atoms with Gasteiger partial charge in [-0.25, -0.2) is 0 Å². The van der Waals surface area contributed by atoms with Crippen LogP contribution in [0.3, 0.4) is 0 Å². The van der Waals surface area contributed by atoms with Gasteiger partial charge in [0.25, 0.3) is 0 Å². The second-order valence-electron chi connectivity index (χ2n) is 9.34. The lowest BCUT2D eigenvalue weighted by Gasteiger charge is -2.41. The molecule has 5 nitrogen and oxygen atoms in total. The summed E-state index contributed by atoms with van der Waals surface area (Å²) in [7, 11) is 0. The molecule has 3 aliphatic rings. The third kappa shape index (κ3) is 3.52. The molecule has 0 unspecified atom stereocenters. The average Bonchev–Trinajstić information content (AvgIpc) is 3.52. The number of anilines is 1. The number of phenolic OH excluding ortho intramolecular Hbond substituents is 1. The lowest BCUT2D eigenvalue weighted by Crippen LogP contribution is -2.48. The molecule has 1 aromatic heterocycles. The number of allylic oxidation sites excluding steroid dienone is 1. The van der Waals surface area contributed by atoms with Gasteiger partial charge < -0.3 is 15.5 Å². The van der Waals surface area contributed by atoms with Gasteiger partial charge in [-0.05, 0) is 93.0 Å². The molecule has 29 heavy (non-hydrogen) atoms. The third-order valence-electron chi connectivity index (χ3n) is 6.70. The third-order valence-corrected chi connectivity index (χ3v) is 6.70. The van der Waals surface area contributed by atoms with E-state index in [0.717, 1.165) is 66.7 Å². The second-order valence-corrected chi connectivity index (χ2v) is 9.34. The van der Waals surface area contributed by atoms with E-state index in [9.17, 15) is 10.2 Å². The number of phenols is 1. The first-order valence-electron chi connectivity index (χ1n) is 10.8. The molecule has 0 bridgehead atoms. The molecule has 2 saturated carbocycles. The number of benzene rings is 1. The van der Waals surface area contributed by atoms with E-state index in [0.29, 0.717) is 5.92 Å². The van der Waals surface area contributed by atoms with Crippen molar-refractivity contribution < 1.29 is 10.2 Å². The zero-order valence-corrected chi connectivity index (χ0v) is 17.0. The van der Waals surface area contributed by atoms with Crippen molar-refractivity contribution >= 4 is 11.4 Å². The van der Waals surface area contributed by atoms with E-state index in [1.165, 1.54) is 24.0 Å². The zero-order chi connectivity index (χ0) is 20.2. The van der Waals surface area contributed by atoms with Crippen molar-refractivity contribution in [2.24, 2.45) is 5.92 Å². The maximum atomic E-state index is 10.8. The Kier molecular flexibility index (Phi) is 4.39. The van der Waals surface area contributed by atoms with Gasteiger partial charge in [-0.3, -0.25) is 0 Å². The van der Waals surface area contributed by atoms with Gasteiger partial charge in [0.1, 0.15) is 11.4 Å². The number of nitrogens with one attached hydrogen (secondary N) is 1. The van der Waals surface area contributed by atoms with Crippen LogP contribution in [0.2, 0.25) is 0 Å². The van der Waals surface area contributed by atoms with Crippen molar-refractivity contribution in [2.45, 2.75) is 69.9 Å². The van der Waals surface area contributed by atoms with Crippen molar-refractivity contribution in [1.29, 1.82) is 0 Å². The molecule has 2 fully saturated rings. The molecule has 5 heteroatoms. The molecule has 3 aliphatic carbocycles. The predicted molar refractivity (Wildman–Crippen MR) is 115 cm³/mol. The van der Waals surface area contributed by atoms with Crippen molar-refractivity contribution in [3.63, 3.8) is 0 Å². The number of nitrogens with zero attached hydrogens (tertiary/aromatic N) is 2. The van der Waals surface area contributed by atoms with Gasteiger partial charge in [0, 0.05) is 17.2 Å². The molecule has 0 atom stereocenters. The van der Waals surface area contributed by atoms with Crippen LogP contribution in [0.1, 0.15) is 62.1 Å². The van der Waals surface area contributed by atoms with Crippen LogP contribution in [0.15, 0.2) is 24.8 Å². The van der Waals surface area contributed by atoms with Gasteiger partial charge >= 0.3 is 0 Å². The van der Waals surface area contributed by atoms with Crippen LogP contribution in [-0.2, 0) is 12.8 Å². The van der Waals surface area contributed by atoms with Crippen LogP contribution < -0.4 is 5.32 Å². The molecule has 152 valence electrons. The molecule has 0 radical (unpaired) electrons. The van der Waals surface area contributed by atoms with Crippen LogP contribution >= 0.6 is 0 Å². The first-order chi connectivity index (χ1) is 13.9. The van der Waals surface area contributed by atoms with E-state index >= 15 is 0 Å². The Morgan fingerprint density at radius 2 is 1.86 bits per heavy atom. The quantitative estimate of drug-likeness (QED) is 0.701. The Balaban J connectivity index is 1.47. The molecule has 5 rings (SSSR count). The molecular weight excluding hydrogens is 362 g/mol. The van der Waals surface area contributed by atoms with Crippen molar-refractivity contribution in [3.05, 3.63) is 41.5 Å². The summed E-state index contributed by atoms with van der Waals surface area (Å²) in [4.78, 5) is 0. The van der Waals surface area contributed by atoms with E-state index in [1.807, 2.05) is 19.1 Å². The predicted octanol–water partition coefficient (Wildman–Crippen LogP) is 4.48. The number of fused-ring (bicyclic) bond motifs is 1. The molecule has 0 aliphatic heterocycles. The molecular formula is C24H29N3O2. The van der Waals surface area contributed by atoms with Gasteiger partial charge in [-0.15, -0.1) is 10.2 Å².